The Morgan fingerprint density at radius 3 is 3.00 bits per heavy atom. The van der Waals surface area contributed by atoms with Crippen LogP contribution < -0.4 is 11.4 Å². The molecule has 0 bridgehead atoms. The normalized spacial score (nSPS) is 26.5. The zero-order chi connectivity index (χ0) is 14.0. The lowest BCUT2D eigenvalue weighted by atomic mass is 9.73. The number of aromatic amines is 1. The van der Waals surface area contributed by atoms with E-state index in [-0.39, 0.29) is 17.1 Å². The van der Waals surface area contributed by atoms with Crippen LogP contribution in [0.2, 0.25) is 0 Å². The van der Waals surface area contributed by atoms with Gasteiger partial charge in [-0.1, -0.05) is 39.0 Å². The van der Waals surface area contributed by atoms with E-state index in [0.717, 1.165) is 18.0 Å². The Balaban J connectivity index is 2.15. The molecule has 2 atom stereocenters. The predicted molar refractivity (Wildman–Crippen MR) is 78.4 cm³/mol. The first-order valence-corrected chi connectivity index (χ1v) is 7.91. The summed E-state index contributed by atoms with van der Waals surface area (Å²) >= 11 is 1.66. The van der Waals surface area contributed by atoms with Gasteiger partial charge in [0, 0.05) is 17.8 Å². The van der Waals surface area contributed by atoms with Crippen LogP contribution in [0.3, 0.4) is 0 Å². The maximum absolute atomic E-state index is 11.7. The summed E-state index contributed by atoms with van der Waals surface area (Å²) in [5.41, 5.74) is 6.44. The van der Waals surface area contributed by atoms with Crippen molar-refractivity contribution in [2.24, 2.45) is 11.1 Å². The second-order valence-corrected chi connectivity index (χ2v) is 7.23. The lowest BCUT2D eigenvalue weighted by Crippen LogP contribution is -2.48. The molecule has 1 saturated carbocycles. The maximum atomic E-state index is 11.7. The molecule has 1 aliphatic rings. The Labute approximate surface area is 118 Å². The highest BCUT2D eigenvalue weighted by atomic mass is 32.2. The Kier molecular flexibility index (Phi) is 4.40. The van der Waals surface area contributed by atoms with E-state index in [1.807, 2.05) is 0 Å². The Morgan fingerprint density at radius 2 is 2.32 bits per heavy atom. The van der Waals surface area contributed by atoms with Gasteiger partial charge >= 0.3 is 5.69 Å². The summed E-state index contributed by atoms with van der Waals surface area (Å²) in [6.07, 6.45) is 4.39. The third kappa shape index (κ3) is 3.05. The van der Waals surface area contributed by atoms with Crippen LogP contribution in [0.4, 0.5) is 0 Å². The summed E-state index contributed by atoms with van der Waals surface area (Å²) in [6, 6.07) is 0.146. The van der Waals surface area contributed by atoms with E-state index in [1.54, 1.807) is 16.3 Å². The Hall–Kier alpha value is -0.750. The molecule has 2 rings (SSSR count). The van der Waals surface area contributed by atoms with Gasteiger partial charge in [0.2, 0.25) is 0 Å². The average molecular weight is 284 g/mol. The summed E-state index contributed by atoms with van der Waals surface area (Å²) in [6.45, 7) is 7.23. The van der Waals surface area contributed by atoms with E-state index < -0.39 is 0 Å². The fourth-order valence-electron chi connectivity index (χ4n) is 2.69. The molecule has 108 valence electrons. The maximum Gasteiger partial charge on any atom is 0.343 e. The SMILES string of the molecule is CCCn1c(SC2CCCC(C)(C)C2N)n[nH]c1=O. The summed E-state index contributed by atoms with van der Waals surface area (Å²) < 4.78 is 1.72. The highest BCUT2D eigenvalue weighted by Crippen LogP contribution is 2.41. The number of nitrogens with zero attached hydrogens (tertiary/aromatic N) is 2. The minimum atomic E-state index is -0.118. The highest BCUT2D eigenvalue weighted by Gasteiger charge is 2.37. The van der Waals surface area contributed by atoms with Crippen LogP contribution in [-0.4, -0.2) is 26.1 Å². The first-order chi connectivity index (χ1) is 8.95. The van der Waals surface area contributed by atoms with E-state index in [2.05, 4.69) is 31.0 Å². The van der Waals surface area contributed by atoms with Crippen LogP contribution in [0.1, 0.15) is 46.5 Å². The minimum Gasteiger partial charge on any atom is -0.326 e. The molecule has 3 N–H and O–H groups in total. The molecule has 0 saturated heterocycles. The largest absolute Gasteiger partial charge is 0.343 e. The molecule has 0 spiro atoms. The quantitative estimate of drug-likeness (QED) is 0.886. The van der Waals surface area contributed by atoms with E-state index in [4.69, 9.17) is 5.73 Å². The summed E-state index contributed by atoms with van der Waals surface area (Å²) in [5.74, 6) is 0. The molecule has 6 heteroatoms. The van der Waals surface area contributed by atoms with Gasteiger partial charge in [0.1, 0.15) is 0 Å². The predicted octanol–water partition coefficient (Wildman–Crippen LogP) is 1.98. The topological polar surface area (TPSA) is 76.7 Å². The first kappa shape index (κ1) is 14.7. The third-order valence-electron chi connectivity index (χ3n) is 4.04. The van der Waals surface area contributed by atoms with E-state index in [1.165, 1.54) is 12.8 Å². The van der Waals surface area contributed by atoms with E-state index in [9.17, 15) is 4.79 Å². The molecule has 1 aliphatic carbocycles. The molecule has 1 heterocycles. The molecule has 19 heavy (non-hydrogen) atoms. The number of aromatic nitrogens is 3. The number of rotatable bonds is 4. The zero-order valence-corrected chi connectivity index (χ0v) is 12.8. The van der Waals surface area contributed by atoms with Gasteiger partial charge in [0.25, 0.3) is 0 Å². The summed E-state index contributed by atoms with van der Waals surface area (Å²) in [4.78, 5) is 11.7. The molecule has 1 aromatic heterocycles. The molecule has 0 amide bonds. The van der Waals surface area contributed by atoms with Crippen LogP contribution in [0.5, 0.6) is 0 Å². The minimum absolute atomic E-state index is 0.118. The second-order valence-electron chi connectivity index (χ2n) is 6.03. The summed E-state index contributed by atoms with van der Waals surface area (Å²) in [5, 5.41) is 7.81. The van der Waals surface area contributed by atoms with E-state index >= 15 is 0 Å². The molecule has 5 nitrogen and oxygen atoms in total. The molecule has 1 fully saturated rings. The Morgan fingerprint density at radius 1 is 1.58 bits per heavy atom. The number of nitrogens with one attached hydrogen (secondary N) is 1. The van der Waals surface area contributed by atoms with Crippen molar-refractivity contribution in [2.75, 3.05) is 0 Å². The van der Waals surface area contributed by atoms with Crippen LogP contribution >= 0.6 is 11.8 Å². The summed E-state index contributed by atoms with van der Waals surface area (Å²) in [7, 11) is 0. The number of nitrogens with two attached hydrogens (primary N) is 1. The van der Waals surface area contributed by atoms with Gasteiger partial charge in [-0.2, -0.15) is 0 Å². The Bertz CT molecular complexity index is 479. The smallest absolute Gasteiger partial charge is 0.326 e. The van der Waals surface area contributed by atoms with Crippen molar-refractivity contribution in [2.45, 2.75) is 69.4 Å². The van der Waals surface area contributed by atoms with Crippen molar-refractivity contribution in [3.05, 3.63) is 10.5 Å². The number of hydrogen-bond acceptors (Lipinski definition) is 4. The molecule has 0 aromatic carbocycles. The molecule has 0 aliphatic heterocycles. The van der Waals surface area contributed by atoms with Gasteiger partial charge < -0.3 is 5.73 Å². The zero-order valence-electron chi connectivity index (χ0n) is 12.0. The monoisotopic (exact) mass is 284 g/mol. The lowest BCUT2D eigenvalue weighted by Gasteiger charge is -2.41. The van der Waals surface area contributed by atoms with Gasteiger partial charge in [-0.25, -0.2) is 9.89 Å². The van der Waals surface area contributed by atoms with Crippen LogP contribution in [0, 0.1) is 5.41 Å². The third-order valence-corrected chi connectivity index (χ3v) is 5.39. The molecular weight excluding hydrogens is 260 g/mol. The van der Waals surface area contributed by atoms with Gasteiger partial charge in [-0.15, -0.1) is 5.10 Å². The molecule has 2 unspecified atom stereocenters. The standard InChI is InChI=1S/C13H24N4OS/c1-4-8-17-11(18)15-16-12(17)19-9-6-5-7-13(2,3)10(9)14/h9-10H,4-8,14H2,1-3H3,(H,15,18). The molecule has 1 aromatic rings. The van der Waals surface area contributed by atoms with E-state index in [0.29, 0.717) is 11.8 Å². The molecule has 0 radical (unpaired) electrons. The van der Waals surface area contributed by atoms with Gasteiger partial charge in [0.05, 0.1) is 0 Å². The fraction of sp³-hybridized carbons (Fsp3) is 0.846. The van der Waals surface area contributed by atoms with Crippen LogP contribution in [0.15, 0.2) is 9.95 Å². The average Bonchev–Trinajstić information content (AvgIpc) is 2.68. The second kappa shape index (κ2) is 5.71. The van der Waals surface area contributed by atoms with Crippen LogP contribution in [-0.2, 0) is 6.54 Å². The molecular formula is C13H24N4OS. The van der Waals surface area contributed by atoms with Gasteiger partial charge in [-0.05, 0) is 24.7 Å². The fourth-order valence-corrected chi connectivity index (χ4v) is 4.16. The number of hydrogen-bond donors (Lipinski definition) is 2. The van der Waals surface area contributed by atoms with Crippen LogP contribution in [0.25, 0.3) is 0 Å². The van der Waals surface area contributed by atoms with Gasteiger partial charge in [0.15, 0.2) is 5.16 Å². The van der Waals surface area contributed by atoms with Gasteiger partial charge in [-0.3, -0.25) is 4.57 Å². The van der Waals surface area contributed by atoms with Crippen molar-refractivity contribution < 1.29 is 0 Å². The van der Waals surface area contributed by atoms with Crippen molar-refractivity contribution in [1.29, 1.82) is 0 Å². The number of thioether (sulfide) groups is 1. The highest BCUT2D eigenvalue weighted by molar-refractivity contribution is 7.99. The first-order valence-electron chi connectivity index (χ1n) is 7.03. The number of H-pyrrole nitrogens is 1. The van der Waals surface area contributed by atoms with Crippen molar-refractivity contribution in [3.63, 3.8) is 0 Å². The van der Waals surface area contributed by atoms with Crippen molar-refractivity contribution in [1.82, 2.24) is 14.8 Å². The van der Waals surface area contributed by atoms with Crippen molar-refractivity contribution >= 4 is 11.8 Å². The van der Waals surface area contributed by atoms with Crippen molar-refractivity contribution in [3.8, 4) is 0 Å². The lowest BCUT2D eigenvalue weighted by molar-refractivity contribution is 0.208.